The average Bonchev–Trinajstić information content (AvgIpc) is 2.75. The smallest absolute Gasteiger partial charge is 0.276 e. The van der Waals surface area contributed by atoms with E-state index in [9.17, 15) is 9.59 Å². The molecule has 3 N–H and O–H groups in total. The van der Waals surface area contributed by atoms with E-state index in [1.165, 1.54) is 13.2 Å². The van der Waals surface area contributed by atoms with Gasteiger partial charge in [0, 0.05) is 6.08 Å². The molecule has 2 aromatic carbocycles. The zero-order valence-corrected chi connectivity index (χ0v) is 16.7. The molecule has 0 aliphatic rings. The topological polar surface area (TPSA) is 97.9 Å². The van der Waals surface area contributed by atoms with E-state index in [-0.39, 0.29) is 11.7 Å². The minimum atomic E-state index is -0.485. The Morgan fingerprint density at radius 1 is 0.966 bits per heavy atom. The van der Waals surface area contributed by atoms with Gasteiger partial charge in [0.25, 0.3) is 5.91 Å². The van der Waals surface area contributed by atoms with Gasteiger partial charge in [-0.2, -0.15) is 0 Å². The lowest BCUT2D eigenvalue weighted by Gasteiger charge is -2.12. The number of carbonyl (C=O) groups is 2. The second-order valence-corrected chi connectivity index (χ2v) is 5.95. The second kappa shape index (κ2) is 11.3. The van der Waals surface area contributed by atoms with E-state index in [4.69, 9.17) is 26.4 Å². The Kier molecular flexibility index (Phi) is 8.46. The van der Waals surface area contributed by atoms with Crippen LogP contribution in [-0.2, 0) is 9.59 Å². The number of nitrogens with one attached hydrogen (secondary N) is 3. The van der Waals surface area contributed by atoms with E-state index >= 15 is 0 Å². The fourth-order valence-corrected chi connectivity index (χ4v) is 2.27. The Morgan fingerprint density at radius 2 is 1.66 bits per heavy atom. The number of benzene rings is 2. The Bertz CT molecular complexity index is 884. The first kappa shape index (κ1) is 21.7. The molecule has 0 radical (unpaired) electrons. The van der Waals surface area contributed by atoms with Crippen LogP contribution in [0.1, 0.15) is 5.56 Å². The lowest BCUT2D eigenvalue weighted by molar-refractivity contribution is -0.123. The summed E-state index contributed by atoms with van der Waals surface area (Å²) in [6.07, 6.45) is 2.94. The molecular weight excluding hydrogens is 394 g/mol. The van der Waals surface area contributed by atoms with Crippen LogP contribution < -0.4 is 30.4 Å². The van der Waals surface area contributed by atoms with Crippen LogP contribution in [0.2, 0.25) is 0 Å². The summed E-state index contributed by atoms with van der Waals surface area (Å²) in [5.41, 5.74) is 5.58. The van der Waals surface area contributed by atoms with E-state index < -0.39 is 11.8 Å². The summed E-state index contributed by atoms with van der Waals surface area (Å²) in [6.45, 7) is -0.263. The van der Waals surface area contributed by atoms with Crippen molar-refractivity contribution in [1.29, 1.82) is 0 Å². The first-order valence-electron chi connectivity index (χ1n) is 8.49. The van der Waals surface area contributed by atoms with Crippen molar-refractivity contribution in [3.63, 3.8) is 0 Å². The van der Waals surface area contributed by atoms with Gasteiger partial charge in [0.15, 0.2) is 23.2 Å². The Balaban J connectivity index is 1.71. The number of thiocarbonyl (C=S) groups is 1. The zero-order chi connectivity index (χ0) is 21.1. The summed E-state index contributed by atoms with van der Waals surface area (Å²) < 4.78 is 15.6. The van der Waals surface area contributed by atoms with Crippen LogP contribution in [0.4, 0.5) is 0 Å². The monoisotopic (exact) mass is 415 g/mol. The van der Waals surface area contributed by atoms with Crippen molar-refractivity contribution in [3.8, 4) is 17.2 Å². The van der Waals surface area contributed by atoms with Gasteiger partial charge in [-0.15, -0.1) is 0 Å². The van der Waals surface area contributed by atoms with Crippen molar-refractivity contribution in [3.05, 3.63) is 60.2 Å². The van der Waals surface area contributed by atoms with Crippen molar-refractivity contribution in [2.75, 3.05) is 20.8 Å². The number of amides is 2. The minimum Gasteiger partial charge on any atom is -0.497 e. The van der Waals surface area contributed by atoms with Crippen LogP contribution in [0, 0.1) is 0 Å². The molecule has 29 heavy (non-hydrogen) atoms. The fraction of sp³-hybridized carbons (Fsp3) is 0.150. The summed E-state index contributed by atoms with van der Waals surface area (Å²) >= 11 is 4.96. The Morgan fingerprint density at radius 3 is 2.31 bits per heavy atom. The van der Waals surface area contributed by atoms with Crippen LogP contribution in [0.3, 0.4) is 0 Å². The van der Waals surface area contributed by atoms with E-state index in [1.807, 2.05) is 0 Å². The number of para-hydroxylation sites is 2. The number of methoxy groups -OCH3 is 2. The third-order valence-electron chi connectivity index (χ3n) is 3.52. The summed E-state index contributed by atoms with van der Waals surface area (Å²) in [4.78, 5) is 23.7. The molecule has 0 atom stereocenters. The molecular formula is C20H21N3O5S. The number of hydrazine groups is 1. The van der Waals surface area contributed by atoms with Gasteiger partial charge in [-0.1, -0.05) is 24.3 Å². The molecule has 0 bridgehead atoms. The standard InChI is InChI=1S/C20H21N3O5S/c1-26-15-10-7-14(8-11-15)9-12-18(24)21-20(29)23-22-19(25)13-28-17-6-4-3-5-16(17)27-2/h3-12H,13H2,1-2H3,(H,22,25)(H2,21,23,24,29)/b12-9+. The average molecular weight is 415 g/mol. The highest BCUT2D eigenvalue weighted by molar-refractivity contribution is 7.80. The summed E-state index contributed by atoms with van der Waals surface area (Å²) in [5, 5.41) is 2.36. The third-order valence-corrected chi connectivity index (χ3v) is 3.73. The predicted molar refractivity (Wildman–Crippen MR) is 113 cm³/mol. The minimum absolute atomic E-state index is 0.0555. The van der Waals surface area contributed by atoms with E-state index in [0.29, 0.717) is 11.5 Å². The lowest BCUT2D eigenvalue weighted by Crippen LogP contribution is -2.49. The highest BCUT2D eigenvalue weighted by Gasteiger charge is 2.07. The third kappa shape index (κ3) is 7.51. The molecule has 0 unspecified atom stereocenters. The summed E-state index contributed by atoms with van der Waals surface area (Å²) in [6, 6.07) is 14.1. The second-order valence-electron chi connectivity index (χ2n) is 5.54. The van der Waals surface area contributed by atoms with Gasteiger partial charge in [0.05, 0.1) is 14.2 Å². The zero-order valence-electron chi connectivity index (χ0n) is 15.9. The number of hydrogen-bond acceptors (Lipinski definition) is 6. The molecule has 0 heterocycles. The lowest BCUT2D eigenvalue weighted by atomic mass is 10.2. The molecule has 2 rings (SSSR count). The molecule has 0 aliphatic heterocycles. The van der Waals surface area contributed by atoms with Gasteiger partial charge < -0.3 is 14.2 Å². The fourth-order valence-electron chi connectivity index (χ4n) is 2.12. The normalized spacial score (nSPS) is 10.1. The molecule has 9 heteroatoms. The predicted octanol–water partition coefficient (Wildman–Crippen LogP) is 1.82. The SMILES string of the molecule is COc1ccc(/C=C/C(=O)NC(=S)NNC(=O)COc2ccccc2OC)cc1. The van der Waals surface area contributed by atoms with Crippen molar-refractivity contribution >= 4 is 35.2 Å². The van der Waals surface area contributed by atoms with Gasteiger partial charge in [0.2, 0.25) is 5.91 Å². The molecule has 0 saturated heterocycles. The molecule has 0 fully saturated rings. The maximum Gasteiger partial charge on any atom is 0.276 e. The quantitative estimate of drug-likeness (QED) is 0.360. The van der Waals surface area contributed by atoms with E-state index in [0.717, 1.165) is 11.3 Å². The maximum absolute atomic E-state index is 11.9. The highest BCUT2D eigenvalue weighted by atomic mass is 32.1. The first-order valence-corrected chi connectivity index (χ1v) is 8.90. The van der Waals surface area contributed by atoms with Crippen LogP contribution in [0.15, 0.2) is 54.6 Å². The largest absolute Gasteiger partial charge is 0.497 e. The van der Waals surface area contributed by atoms with Gasteiger partial charge in [-0.05, 0) is 48.1 Å². The molecule has 8 nitrogen and oxygen atoms in total. The number of hydrogen-bond donors (Lipinski definition) is 3. The molecule has 0 spiro atoms. The summed E-state index contributed by atoms with van der Waals surface area (Å²) in [5.74, 6) is 0.742. The molecule has 152 valence electrons. The van der Waals surface area contributed by atoms with Crippen molar-refractivity contribution in [2.24, 2.45) is 0 Å². The van der Waals surface area contributed by atoms with Crippen LogP contribution in [0.25, 0.3) is 6.08 Å². The van der Waals surface area contributed by atoms with Gasteiger partial charge in [0.1, 0.15) is 5.75 Å². The molecule has 0 aromatic heterocycles. The number of carbonyl (C=O) groups excluding carboxylic acids is 2. The van der Waals surface area contributed by atoms with Crippen molar-refractivity contribution in [2.45, 2.75) is 0 Å². The Hall–Kier alpha value is -3.59. The number of ether oxygens (including phenoxy) is 3. The van der Waals surface area contributed by atoms with E-state index in [2.05, 4.69) is 16.2 Å². The van der Waals surface area contributed by atoms with Crippen molar-refractivity contribution < 1.29 is 23.8 Å². The van der Waals surface area contributed by atoms with Crippen LogP contribution >= 0.6 is 12.2 Å². The maximum atomic E-state index is 11.9. The van der Waals surface area contributed by atoms with Gasteiger partial charge >= 0.3 is 0 Å². The summed E-state index contributed by atoms with van der Waals surface area (Å²) in [7, 11) is 3.09. The van der Waals surface area contributed by atoms with E-state index in [1.54, 1.807) is 61.7 Å². The van der Waals surface area contributed by atoms with Crippen LogP contribution in [0.5, 0.6) is 17.2 Å². The molecule has 0 saturated carbocycles. The van der Waals surface area contributed by atoms with Gasteiger partial charge in [-0.25, -0.2) is 0 Å². The first-order chi connectivity index (χ1) is 14.0. The van der Waals surface area contributed by atoms with Crippen molar-refractivity contribution in [1.82, 2.24) is 16.2 Å². The Labute approximate surface area is 173 Å². The molecule has 2 amide bonds. The highest BCUT2D eigenvalue weighted by Crippen LogP contribution is 2.25. The number of rotatable bonds is 7. The van der Waals surface area contributed by atoms with Crippen LogP contribution in [-0.4, -0.2) is 37.8 Å². The molecule has 0 aliphatic carbocycles. The van der Waals surface area contributed by atoms with Gasteiger partial charge in [-0.3, -0.25) is 25.8 Å². The molecule has 2 aromatic rings.